The lowest BCUT2D eigenvalue weighted by atomic mass is 9.65. The van der Waals surface area contributed by atoms with Gasteiger partial charge in [0.15, 0.2) is 5.65 Å². The van der Waals surface area contributed by atoms with E-state index in [1.165, 1.54) is 6.42 Å². The number of para-hydroxylation sites is 2. The van der Waals surface area contributed by atoms with Gasteiger partial charge in [0.1, 0.15) is 5.52 Å². The van der Waals surface area contributed by atoms with Crippen LogP contribution in [0, 0.1) is 10.8 Å². The number of hydrogen-bond acceptors (Lipinski definition) is 3. The van der Waals surface area contributed by atoms with Crippen molar-refractivity contribution in [2.75, 3.05) is 6.54 Å². The Morgan fingerprint density at radius 2 is 1.83 bits per heavy atom. The summed E-state index contributed by atoms with van der Waals surface area (Å²) in [6, 6.07) is 14.2. The molecule has 6 rings (SSSR count). The van der Waals surface area contributed by atoms with E-state index < -0.39 is 0 Å². The van der Waals surface area contributed by atoms with Gasteiger partial charge in [-0.05, 0) is 60.4 Å². The van der Waals surface area contributed by atoms with Crippen molar-refractivity contribution in [3.63, 3.8) is 0 Å². The summed E-state index contributed by atoms with van der Waals surface area (Å²) in [5.41, 5.74) is 5.56. The number of likely N-dealkylation sites (tertiary alicyclic amines) is 1. The monoisotopic (exact) mass is 398 g/mol. The Balaban J connectivity index is 1.43. The predicted octanol–water partition coefficient (Wildman–Crippen LogP) is 5.31. The van der Waals surface area contributed by atoms with Gasteiger partial charge in [-0.2, -0.15) is 0 Å². The third kappa shape index (κ3) is 2.64. The average molecular weight is 399 g/mol. The highest BCUT2D eigenvalue weighted by Gasteiger charge is 2.51. The van der Waals surface area contributed by atoms with Crippen molar-refractivity contribution in [3.05, 3.63) is 48.0 Å². The van der Waals surface area contributed by atoms with Crippen molar-refractivity contribution in [1.82, 2.24) is 19.9 Å². The number of hydrogen-bond donors (Lipinski definition) is 1. The lowest BCUT2D eigenvalue weighted by Gasteiger charge is -2.39. The largest absolute Gasteiger partial charge is 0.338 e. The Morgan fingerprint density at radius 3 is 2.63 bits per heavy atom. The van der Waals surface area contributed by atoms with Gasteiger partial charge in [0, 0.05) is 29.1 Å². The maximum absolute atomic E-state index is 13.5. The first-order valence-corrected chi connectivity index (χ1v) is 10.8. The number of nitrogens with zero attached hydrogens (tertiary/aromatic N) is 3. The number of carbonyl (C=O) groups is 1. The second kappa shape index (κ2) is 5.81. The number of amides is 1. The molecule has 1 N–H and O–H groups in total. The molecule has 1 aliphatic carbocycles. The minimum atomic E-state index is 0.145. The van der Waals surface area contributed by atoms with E-state index in [9.17, 15) is 4.79 Å². The molecule has 0 unspecified atom stereocenters. The molecular weight excluding hydrogens is 372 g/mol. The zero-order valence-electron chi connectivity index (χ0n) is 17.7. The van der Waals surface area contributed by atoms with Crippen molar-refractivity contribution in [2.45, 2.75) is 46.1 Å². The van der Waals surface area contributed by atoms with Crippen LogP contribution >= 0.6 is 0 Å². The SMILES string of the molecule is CC1(C)C[C@H]2C[C@@](C)(CN2C(=O)c2ccc3[nH]c4nc5ccccc5nc4c3c2)C1. The molecule has 3 heterocycles. The van der Waals surface area contributed by atoms with Crippen LogP contribution < -0.4 is 0 Å². The van der Waals surface area contributed by atoms with E-state index in [4.69, 9.17) is 9.97 Å². The zero-order chi connectivity index (χ0) is 20.7. The second-order valence-electron chi connectivity index (χ2n) is 10.4. The summed E-state index contributed by atoms with van der Waals surface area (Å²) in [5.74, 6) is 0.145. The first kappa shape index (κ1) is 17.9. The summed E-state index contributed by atoms with van der Waals surface area (Å²) in [7, 11) is 0. The van der Waals surface area contributed by atoms with E-state index in [2.05, 4.69) is 30.7 Å². The van der Waals surface area contributed by atoms with E-state index in [1.54, 1.807) is 0 Å². The maximum Gasteiger partial charge on any atom is 0.254 e. The molecule has 1 aliphatic heterocycles. The average Bonchev–Trinajstić information content (AvgIpc) is 3.17. The number of benzene rings is 2. The van der Waals surface area contributed by atoms with E-state index in [1.807, 2.05) is 42.5 Å². The van der Waals surface area contributed by atoms with E-state index in [0.29, 0.717) is 11.5 Å². The van der Waals surface area contributed by atoms with Crippen LogP contribution in [0.5, 0.6) is 0 Å². The summed E-state index contributed by atoms with van der Waals surface area (Å²) in [4.78, 5) is 28.6. The minimum absolute atomic E-state index is 0.145. The molecule has 5 heteroatoms. The standard InChI is InChI=1S/C25H26N4O/c1-24(2)11-16-12-25(3,13-24)14-29(16)23(30)15-8-9-18-17(10-15)21-22(27-18)28-20-7-5-4-6-19(20)26-21/h4-10,16H,11-14H2,1-3H3,(H,27,28)/t16-,25+/m0/s1. The third-order valence-corrected chi connectivity index (χ3v) is 7.02. The second-order valence-corrected chi connectivity index (χ2v) is 10.4. The highest BCUT2D eigenvalue weighted by molar-refractivity contribution is 6.08. The van der Waals surface area contributed by atoms with Gasteiger partial charge in [0.25, 0.3) is 5.91 Å². The quantitative estimate of drug-likeness (QED) is 0.473. The first-order valence-electron chi connectivity index (χ1n) is 10.8. The first-order chi connectivity index (χ1) is 14.3. The fourth-order valence-electron chi connectivity index (χ4n) is 6.25. The summed E-state index contributed by atoms with van der Waals surface area (Å²) in [5, 5.41) is 0.961. The molecular formula is C25H26N4O. The predicted molar refractivity (Wildman–Crippen MR) is 119 cm³/mol. The Hall–Kier alpha value is -2.95. The molecule has 1 amide bonds. The Labute approximate surface area is 175 Å². The zero-order valence-corrected chi connectivity index (χ0v) is 17.7. The molecule has 2 atom stereocenters. The van der Waals surface area contributed by atoms with Gasteiger partial charge < -0.3 is 9.88 Å². The molecule has 5 nitrogen and oxygen atoms in total. The van der Waals surface area contributed by atoms with Crippen LogP contribution in [0.1, 0.15) is 50.4 Å². The van der Waals surface area contributed by atoms with Gasteiger partial charge >= 0.3 is 0 Å². The van der Waals surface area contributed by atoms with Gasteiger partial charge in [-0.1, -0.05) is 32.9 Å². The van der Waals surface area contributed by atoms with Crippen LogP contribution in [0.2, 0.25) is 0 Å². The van der Waals surface area contributed by atoms with Crippen LogP contribution in [-0.2, 0) is 0 Å². The fraction of sp³-hybridized carbons (Fsp3) is 0.400. The number of nitrogens with one attached hydrogen (secondary N) is 1. The van der Waals surface area contributed by atoms with E-state index in [-0.39, 0.29) is 11.3 Å². The van der Waals surface area contributed by atoms with Gasteiger partial charge in [0.2, 0.25) is 0 Å². The van der Waals surface area contributed by atoms with Crippen molar-refractivity contribution in [1.29, 1.82) is 0 Å². The van der Waals surface area contributed by atoms with Crippen LogP contribution in [0.3, 0.4) is 0 Å². The number of rotatable bonds is 1. The highest BCUT2D eigenvalue weighted by atomic mass is 16.2. The number of aromatic amines is 1. The summed E-state index contributed by atoms with van der Waals surface area (Å²) < 4.78 is 0. The van der Waals surface area contributed by atoms with Crippen molar-refractivity contribution in [3.8, 4) is 0 Å². The van der Waals surface area contributed by atoms with Gasteiger partial charge in [0.05, 0.1) is 11.0 Å². The molecule has 2 aromatic carbocycles. The summed E-state index contributed by atoms with van der Waals surface area (Å²) >= 11 is 0. The van der Waals surface area contributed by atoms with Gasteiger partial charge in [-0.3, -0.25) is 4.79 Å². The van der Waals surface area contributed by atoms with E-state index in [0.717, 1.165) is 58.1 Å². The fourth-order valence-corrected chi connectivity index (χ4v) is 6.25. The Morgan fingerprint density at radius 1 is 1.07 bits per heavy atom. The van der Waals surface area contributed by atoms with Crippen LogP contribution in [0.25, 0.3) is 33.1 Å². The summed E-state index contributed by atoms with van der Waals surface area (Å²) in [6.45, 7) is 7.88. The number of H-pyrrole nitrogens is 1. The normalized spacial score (nSPS) is 25.4. The highest BCUT2D eigenvalue weighted by Crippen LogP contribution is 2.52. The van der Waals surface area contributed by atoms with Crippen molar-refractivity contribution in [2.24, 2.45) is 10.8 Å². The molecule has 0 radical (unpaired) electrons. The van der Waals surface area contributed by atoms with E-state index >= 15 is 0 Å². The molecule has 2 bridgehead atoms. The molecule has 1 saturated heterocycles. The number of carbonyl (C=O) groups excluding carboxylic acids is 1. The Kier molecular flexibility index (Phi) is 3.46. The topological polar surface area (TPSA) is 61.9 Å². The van der Waals surface area contributed by atoms with Crippen LogP contribution in [-0.4, -0.2) is 38.3 Å². The summed E-state index contributed by atoms with van der Waals surface area (Å²) in [6.07, 6.45) is 3.39. The molecule has 2 fully saturated rings. The smallest absolute Gasteiger partial charge is 0.254 e. The maximum atomic E-state index is 13.5. The molecule has 1 saturated carbocycles. The van der Waals surface area contributed by atoms with Crippen molar-refractivity contribution >= 4 is 39.0 Å². The van der Waals surface area contributed by atoms with Gasteiger partial charge in [-0.25, -0.2) is 9.97 Å². The van der Waals surface area contributed by atoms with Crippen LogP contribution in [0.4, 0.5) is 0 Å². The minimum Gasteiger partial charge on any atom is -0.338 e. The third-order valence-electron chi connectivity index (χ3n) is 7.02. The molecule has 2 aliphatic rings. The van der Waals surface area contributed by atoms with Crippen molar-refractivity contribution < 1.29 is 4.79 Å². The number of aromatic nitrogens is 3. The molecule has 2 aromatic heterocycles. The number of fused-ring (bicyclic) bond motifs is 6. The molecule has 152 valence electrons. The lowest BCUT2D eigenvalue weighted by molar-refractivity contribution is 0.0708. The van der Waals surface area contributed by atoms with Gasteiger partial charge in [-0.15, -0.1) is 0 Å². The molecule has 4 aromatic rings. The Bertz CT molecular complexity index is 1340. The lowest BCUT2D eigenvalue weighted by Crippen LogP contribution is -2.37. The van der Waals surface area contributed by atoms with Crippen LogP contribution in [0.15, 0.2) is 42.5 Å². The molecule has 30 heavy (non-hydrogen) atoms. The molecule has 0 spiro atoms.